The third-order valence-corrected chi connectivity index (χ3v) is 8.21. The third-order valence-electron chi connectivity index (χ3n) is 6.14. The molecule has 0 radical (unpaired) electrons. The molecule has 2 amide bonds. The third kappa shape index (κ3) is 9.30. The first-order chi connectivity index (χ1) is 21.2. The van der Waals surface area contributed by atoms with Crippen LogP contribution in [0.4, 0.5) is 5.13 Å². The zero-order chi connectivity index (χ0) is 33.5. The summed E-state index contributed by atoms with van der Waals surface area (Å²) < 4.78 is 39.6. The number of oxime groups is 1. The Morgan fingerprint density at radius 1 is 1.29 bits per heavy atom. The molecular weight excluding hydrogens is 653 g/mol. The average Bonchev–Trinajstić information content (AvgIpc) is 3.41. The molecule has 0 bridgehead atoms. The van der Waals surface area contributed by atoms with Gasteiger partial charge in [0.25, 0.3) is 12.6 Å². The lowest BCUT2D eigenvalue weighted by molar-refractivity contribution is -0.727. The van der Waals surface area contributed by atoms with Crippen LogP contribution < -0.4 is 10.3 Å². The summed E-state index contributed by atoms with van der Waals surface area (Å²) in [4.78, 5) is 63.7. The van der Waals surface area contributed by atoms with E-state index >= 15 is 0 Å². The molecule has 0 unspecified atom stereocenters. The van der Waals surface area contributed by atoms with Gasteiger partial charge >= 0.3 is 5.97 Å². The summed E-state index contributed by atoms with van der Waals surface area (Å²) in [6.07, 6.45) is 3.70. The van der Waals surface area contributed by atoms with Gasteiger partial charge in [-0.15, -0.1) is 23.1 Å². The van der Waals surface area contributed by atoms with Gasteiger partial charge in [-0.3, -0.25) is 19.3 Å². The number of thioether (sulfide) groups is 1. The van der Waals surface area contributed by atoms with Crippen LogP contribution in [0.15, 0.2) is 46.3 Å². The Hall–Kier alpha value is -3.91. The van der Waals surface area contributed by atoms with Gasteiger partial charge in [-0.05, 0) is 11.6 Å². The van der Waals surface area contributed by atoms with Crippen molar-refractivity contribution < 1.29 is 51.0 Å². The molecule has 0 aromatic carbocycles. The molecule has 0 saturated carbocycles. The van der Waals surface area contributed by atoms with Gasteiger partial charge in [-0.2, -0.15) is 4.57 Å². The number of esters is 1. The number of hydrogen-bond acceptors (Lipinski definition) is 15. The van der Waals surface area contributed by atoms with Crippen LogP contribution in [0, 0.1) is 5.92 Å². The summed E-state index contributed by atoms with van der Waals surface area (Å²) >= 11 is 2.60. The predicted octanol–water partition coefficient (Wildman–Crippen LogP) is -0.182. The van der Waals surface area contributed by atoms with Gasteiger partial charge in [0.1, 0.15) is 24.1 Å². The van der Waals surface area contributed by atoms with Crippen molar-refractivity contribution in [2.24, 2.45) is 11.1 Å². The second-order valence-corrected chi connectivity index (χ2v) is 13.2. The molecule has 2 N–H and O–H groups in total. The molecule has 2 aromatic heterocycles. The molecule has 1 saturated heterocycles. The minimum Gasteiger partial charge on any atom is -0.748 e. The number of ether oxygens (including phenoxy) is 2. The maximum atomic E-state index is 13.3. The number of carbonyl (C=O) groups is 4. The maximum absolute atomic E-state index is 13.3. The van der Waals surface area contributed by atoms with E-state index in [1.807, 2.05) is 0 Å². The molecule has 16 nitrogen and oxygen atoms in total. The fourth-order valence-corrected chi connectivity index (χ4v) is 6.25. The van der Waals surface area contributed by atoms with E-state index in [1.165, 1.54) is 35.8 Å². The number of nitrogens with two attached hydrogens (primary N) is 1. The van der Waals surface area contributed by atoms with Gasteiger partial charge < -0.3 is 29.5 Å². The second kappa shape index (κ2) is 15.4. The first-order valence-corrected chi connectivity index (χ1v) is 16.7. The van der Waals surface area contributed by atoms with E-state index in [0.717, 1.165) is 11.3 Å². The van der Waals surface area contributed by atoms with Crippen LogP contribution in [-0.4, -0.2) is 109 Å². The number of nitrogens with zero attached hydrogens (tertiary/aromatic N) is 5. The largest absolute Gasteiger partial charge is 0.748 e. The first-order valence-electron chi connectivity index (χ1n) is 13.0. The molecule has 19 heteroatoms. The minimum atomic E-state index is -3.92. The Balaban J connectivity index is 0.00000102. The van der Waals surface area contributed by atoms with Crippen molar-refractivity contribution >= 4 is 67.6 Å². The zero-order valence-corrected chi connectivity index (χ0v) is 27.4. The predicted molar refractivity (Wildman–Crippen MR) is 162 cm³/mol. The second-order valence-electron chi connectivity index (χ2n) is 9.79. The van der Waals surface area contributed by atoms with Crippen molar-refractivity contribution in [3.63, 3.8) is 0 Å². The van der Waals surface area contributed by atoms with Gasteiger partial charge in [-0.25, -0.2) is 18.2 Å². The summed E-state index contributed by atoms with van der Waals surface area (Å²) in [7, 11) is 2.18. The van der Waals surface area contributed by atoms with Crippen LogP contribution in [0.1, 0.15) is 22.5 Å². The van der Waals surface area contributed by atoms with Gasteiger partial charge in [0, 0.05) is 51.1 Å². The van der Waals surface area contributed by atoms with Crippen molar-refractivity contribution in [3.05, 3.63) is 52.4 Å². The highest BCUT2D eigenvalue weighted by atomic mass is 32.2. The van der Waals surface area contributed by atoms with E-state index in [0.29, 0.717) is 23.1 Å². The highest BCUT2D eigenvalue weighted by molar-refractivity contribution is 8.00. The summed E-state index contributed by atoms with van der Waals surface area (Å²) in [5.74, 6) is -1.96. The molecule has 2 aliphatic rings. The van der Waals surface area contributed by atoms with Gasteiger partial charge in [0.2, 0.25) is 5.91 Å². The SMILES string of the molecule is COCC1=C(C(=O)OC[n+]2cccc(C(=O)N(C)C)c2)N2C(=O)[C@@H](CC(=O)/C(=N/OC)c3csc(N)n3)[C@H]2SC1.CS(=O)(=O)[O-]. The topological polar surface area (TPSA) is 215 Å². The molecule has 45 heavy (non-hydrogen) atoms. The molecule has 0 aliphatic carbocycles. The Morgan fingerprint density at radius 3 is 2.56 bits per heavy atom. The van der Waals surface area contributed by atoms with E-state index in [1.54, 1.807) is 48.6 Å². The number of aromatic nitrogens is 2. The monoisotopic (exact) mass is 684 g/mol. The van der Waals surface area contributed by atoms with Crippen LogP contribution in [0.3, 0.4) is 0 Å². The highest BCUT2D eigenvalue weighted by Gasteiger charge is 2.54. The Kier molecular flexibility index (Phi) is 12.2. The molecule has 0 spiro atoms. The summed E-state index contributed by atoms with van der Waals surface area (Å²) in [5.41, 5.74) is 7.09. The van der Waals surface area contributed by atoms with Crippen molar-refractivity contribution in [2.75, 3.05) is 52.7 Å². The normalized spacial score (nSPS) is 17.9. The molecule has 1 fully saturated rings. The number of Topliss-reactive ketones (excluding diaryl/α,β-unsaturated/α-hetero) is 1. The fourth-order valence-electron chi connectivity index (χ4n) is 4.30. The average molecular weight is 685 g/mol. The van der Waals surface area contributed by atoms with Crippen LogP contribution >= 0.6 is 23.1 Å². The number of ketones is 1. The first kappa shape index (κ1) is 35.6. The number of hydrogen-bond donors (Lipinski definition) is 1. The molecule has 2 aromatic rings. The lowest BCUT2D eigenvalue weighted by Crippen LogP contribution is -2.62. The van der Waals surface area contributed by atoms with Gasteiger partial charge in [0.05, 0.1) is 28.0 Å². The number of carbonyl (C=O) groups excluding carboxylic acids is 4. The molecule has 4 heterocycles. The van der Waals surface area contributed by atoms with Crippen LogP contribution in [0.2, 0.25) is 0 Å². The number of nitrogen functional groups attached to an aromatic ring is 1. The van der Waals surface area contributed by atoms with Crippen molar-refractivity contribution in [2.45, 2.75) is 18.5 Å². The van der Waals surface area contributed by atoms with Crippen LogP contribution in [-0.2, 0) is 45.5 Å². The van der Waals surface area contributed by atoms with Crippen molar-refractivity contribution in [1.29, 1.82) is 0 Å². The number of rotatable bonds is 11. The zero-order valence-electron chi connectivity index (χ0n) is 25.0. The molecule has 244 valence electrons. The lowest BCUT2D eigenvalue weighted by Gasteiger charge is -2.49. The van der Waals surface area contributed by atoms with E-state index in [-0.39, 0.29) is 53.8 Å². The summed E-state index contributed by atoms with van der Waals surface area (Å²) in [6.45, 7) is -0.0418. The van der Waals surface area contributed by atoms with E-state index in [2.05, 4.69) is 10.1 Å². The van der Waals surface area contributed by atoms with Crippen molar-refractivity contribution in [1.82, 2.24) is 14.8 Å². The smallest absolute Gasteiger partial charge is 0.359 e. The number of β-lactam (4-membered cyclic amide) rings is 1. The number of anilines is 1. The quantitative estimate of drug-likeness (QED) is 0.0813. The Bertz CT molecular complexity index is 1610. The van der Waals surface area contributed by atoms with Crippen molar-refractivity contribution in [3.8, 4) is 0 Å². The van der Waals surface area contributed by atoms with E-state index < -0.39 is 33.2 Å². The number of fused-ring (bicyclic) bond motifs is 1. The van der Waals surface area contributed by atoms with Gasteiger partial charge in [0.15, 0.2) is 29.0 Å². The van der Waals surface area contributed by atoms with Gasteiger partial charge in [-0.1, -0.05) is 5.16 Å². The van der Waals surface area contributed by atoms with Crippen LogP contribution in [0.25, 0.3) is 0 Å². The van der Waals surface area contributed by atoms with E-state index in [9.17, 15) is 19.2 Å². The fraction of sp³-hybridized carbons (Fsp3) is 0.423. The molecule has 2 atom stereocenters. The number of pyridine rings is 1. The molecule has 4 rings (SSSR count). The maximum Gasteiger partial charge on any atom is 0.359 e. The molecular formula is C26H32N6O10S3. The number of methoxy groups -OCH3 is 1. The Labute approximate surface area is 267 Å². The summed E-state index contributed by atoms with van der Waals surface area (Å²) in [6, 6.07) is 3.34. The van der Waals surface area contributed by atoms with Crippen LogP contribution in [0.5, 0.6) is 0 Å². The minimum absolute atomic E-state index is 0.0234. The lowest BCUT2D eigenvalue weighted by atomic mass is 9.89. The summed E-state index contributed by atoms with van der Waals surface area (Å²) in [5, 5.41) is 5.22. The number of thiazole rings is 1. The molecule has 2 aliphatic heterocycles. The standard InChI is InChI=1S/C25H29N6O7S2.CH4O3S/c1-29(2)21(33)14-6-5-7-30(9-14)13-38-24(35)20-15(10-36-3)11-39-23-16(22(34)31(20)23)8-18(32)19(28-37-4)17-12-40-25(26)27-17;1-5(2,3)4/h5-7,9,12,16,23H,8,10-11,13H2,1-4H3,(H2,26,27);1H3,(H,2,3,4)/q+1;/p-1/b28-19+;/t16-,23-;/m1./s1. The number of amides is 2. The highest BCUT2D eigenvalue weighted by Crippen LogP contribution is 2.45. The Morgan fingerprint density at radius 2 is 1.98 bits per heavy atom. The van der Waals surface area contributed by atoms with E-state index in [4.69, 9.17) is 33.0 Å².